The molecule has 20 heavy (non-hydrogen) atoms. The molecule has 2 rings (SSSR count). The molecule has 0 saturated carbocycles. The van der Waals surface area contributed by atoms with E-state index < -0.39 is 5.97 Å². The number of esters is 1. The second-order valence-corrected chi connectivity index (χ2v) is 4.66. The third-order valence-corrected chi connectivity index (χ3v) is 3.05. The van der Waals surface area contributed by atoms with E-state index in [1.165, 1.54) is 19.4 Å². The molecule has 3 N–H and O–H groups in total. The molecule has 0 aliphatic carbocycles. The van der Waals surface area contributed by atoms with Gasteiger partial charge < -0.3 is 15.8 Å². The van der Waals surface area contributed by atoms with Gasteiger partial charge in [0.15, 0.2) is 0 Å². The number of pyridine rings is 1. The molecule has 6 heteroatoms. The van der Waals surface area contributed by atoms with Crippen molar-refractivity contribution in [3.8, 4) is 0 Å². The van der Waals surface area contributed by atoms with E-state index in [2.05, 4.69) is 15.0 Å². The number of carbonyl (C=O) groups excluding carboxylic acids is 1. The van der Waals surface area contributed by atoms with Gasteiger partial charge in [0.2, 0.25) is 0 Å². The van der Waals surface area contributed by atoms with Gasteiger partial charge in [-0.1, -0.05) is 17.7 Å². The van der Waals surface area contributed by atoms with Crippen molar-refractivity contribution >= 4 is 34.8 Å². The van der Waals surface area contributed by atoms with Crippen LogP contribution >= 0.6 is 11.6 Å². The first kappa shape index (κ1) is 14.1. The van der Waals surface area contributed by atoms with Crippen LogP contribution in [0.5, 0.6) is 0 Å². The lowest BCUT2D eigenvalue weighted by Gasteiger charge is -2.10. The zero-order chi connectivity index (χ0) is 14.7. The summed E-state index contributed by atoms with van der Waals surface area (Å²) < 4.78 is 4.66. The molecule has 104 valence electrons. The molecule has 0 bridgehead atoms. The number of carbonyl (C=O) groups is 1. The van der Waals surface area contributed by atoms with Gasteiger partial charge in [0.25, 0.3) is 0 Å². The van der Waals surface area contributed by atoms with E-state index in [9.17, 15) is 4.79 Å². The van der Waals surface area contributed by atoms with Crippen molar-refractivity contribution in [2.45, 2.75) is 6.92 Å². The summed E-state index contributed by atoms with van der Waals surface area (Å²) in [4.78, 5) is 15.7. The summed E-state index contributed by atoms with van der Waals surface area (Å²) in [6.07, 6.45) is 1.40. The lowest BCUT2D eigenvalue weighted by molar-refractivity contribution is 0.0602. The Labute approximate surface area is 121 Å². The first-order chi connectivity index (χ1) is 9.51. The average molecular weight is 292 g/mol. The highest BCUT2D eigenvalue weighted by Gasteiger charge is 2.12. The van der Waals surface area contributed by atoms with Gasteiger partial charge in [0.05, 0.1) is 35.3 Å². The third kappa shape index (κ3) is 3.00. The number of nitrogens with zero attached hydrogens (tertiary/aromatic N) is 1. The number of benzene rings is 1. The zero-order valence-electron chi connectivity index (χ0n) is 11.1. The number of hydrogen-bond acceptors (Lipinski definition) is 5. The van der Waals surface area contributed by atoms with Crippen LogP contribution in [-0.2, 0) is 4.74 Å². The molecule has 0 aliphatic rings. The molecular formula is C14H14ClN3O2. The minimum absolute atomic E-state index is 0.258. The van der Waals surface area contributed by atoms with Crippen LogP contribution in [0.1, 0.15) is 15.9 Å². The van der Waals surface area contributed by atoms with E-state index in [4.69, 9.17) is 17.3 Å². The molecule has 1 aromatic heterocycles. The van der Waals surface area contributed by atoms with Crippen molar-refractivity contribution in [3.63, 3.8) is 0 Å². The maximum atomic E-state index is 11.6. The van der Waals surface area contributed by atoms with Gasteiger partial charge in [-0.25, -0.2) is 9.78 Å². The van der Waals surface area contributed by atoms with Gasteiger partial charge in [-0.05, 0) is 30.7 Å². The summed E-state index contributed by atoms with van der Waals surface area (Å²) in [5, 5.41) is 3.62. The fourth-order valence-electron chi connectivity index (χ4n) is 1.69. The van der Waals surface area contributed by atoms with Crippen molar-refractivity contribution in [3.05, 3.63) is 46.6 Å². The summed E-state index contributed by atoms with van der Waals surface area (Å²) in [7, 11) is 1.30. The Morgan fingerprint density at radius 2 is 2.15 bits per heavy atom. The van der Waals surface area contributed by atoms with Crippen molar-refractivity contribution in [1.82, 2.24) is 4.98 Å². The Balaban J connectivity index is 2.34. The fraction of sp³-hybridized carbons (Fsp3) is 0.143. The molecule has 2 aromatic rings. The lowest BCUT2D eigenvalue weighted by atomic mass is 10.2. The van der Waals surface area contributed by atoms with Crippen LogP contribution in [0.3, 0.4) is 0 Å². The van der Waals surface area contributed by atoms with Gasteiger partial charge in [-0.15, -0.1) is 0 Å². The standard InChI is InChI=1S/C14H14ClN3O2/c1-8-3-4-10(15)12(5-8)18-13-6-9(14(19)20-2)11(16)7-17-13/h3-7H,16H2,1-2H3,(H,17,18). The minimum Gasteiger partial charge on any atom is -0.465 e. The summed E-state index contributed by atoms with van der Waals surface area (Å²) in [6, 6.07) is 7.11. The predicted octanol–water partition coefficient (Wildman–Crippen LogP) is 3.16. The normalized spacial score (nSPS) is 10.2. The number of rotatable bonds is 3. The number of aryl methyl sites for hydroxylation is 1. The molecule has 0 spiro atoms. The fourth-order valence-corrected chi connectivity index (χ4v) is 1.86. The van der Waals surface area contributed by atoms with Crippen LogP contribution in [0.4, 0.5) is 17.2 Å². The van der Waals surface area contributed by atoms with Crippen molar-refractivity contribution in [2.24, 2.45) is 0 Å². The molecule has 0 unspecified atom stereocenters. The lowest BCUT2D eigenvalue weighted by Crippen LogP contribution is -2.07. The summed E-state index contributed by atoms with van der Waals surface area (Å²) in [5.41, 5.74) is 7.98. The van der Waals surface area contributed by atoms with Gasteiger partial charge in [-0.2, -0.15) is 0 Å². The maximum absolute atomic E-state index is 11.6. The van der Waals surface area contributed by atoms with E-state index in [0.29, 0.717) is 16.5 Å². The van der Waals surface area contributed by atoms with E-state index >= 15 is 0 Å². The van der Waals surface area contributed by atoms with Crippen molar-refractivity contribution < 1.29 is 9.53 Å². The number of nitrogen functional groups attached to an aromatic ring is 1. The van der Waals surface area contributed by atoms with Gasteiger partial charge in [0.1, 0.15) is 5.82 Å². The highest BCUT2D eigenvalue weighted by Crippen LogP contribution is 2.26. The van der Waals surface area contributed by atoms with Crippen molar-refractivity contribution in [2.75, 3.05) is 18.2 Å². The summed E-state index contributed by atoms with van der Waals surface area (Å²) >= 11 is 6.10. The average Bonchev–Trinajstić information content (AvgIpc) is 2.44. The highest BCUT2D eigenvalue weighted by atomic mass is 35.5. The minimum atomic E-state index is -0.511. The smallest absolute Gasteiger partial charge is 0.340 e. The first-order valence-corrected chi connectivity index (χ1v) is 6.26. The number of halogens is 1. The van der Waals surface area contributed by atoms with E-state index in [-0.39, 0.29) is 11.3 Å². The number of anilines is 3. The van der Waals surface area contributed by atoms with Crippen LogP contribution in [-0.4, -0.2) is 18.1 Å². The zero-order valence-corrected chi connectivity index (χ0v) is 11.9. The number of nitrogens with two attached hydrogens (primary N) is 1. The Kier molecular flexibility index (Phi) is 4.10. The molecule has 1 aromatic carbocycles. The molecule has 0 atom stereocenters. The van der Waals surface area contributed by atoms with E-state index in [0.717, 1.165) is 5.56 Å². The molecule has 5 nitrogen and oxygen atoms in total. The van der Waals surface area contributed by atoms with Crippen LogP contribution in [0.15, 0.2) is 30.5 Å². The quantitative estimate of drug-likeness (QED) is 0.850. The van der Waals surface area contributed by atoms with Crippen LogP contribution in [0.2, 0.25) is 5.02 Å². The second kappa shape index (κ2) is 5.79. The van der Waals surface area contributed by atoms with E-state index in [1.54, 1.807) is 6.07 Å². The second-order valence-electron chi connectivity index (χ2n) is 4.26. The molecule has 1 heterocycles. The predicted molar refractivity (Wildman–Crippen MR) is 79.5 cm³/mol. The Bertz CT molecular complexity index is 659. The number of methoxy groups -OCH3 is 1. The third-order valence-electron chi connectivity index (χ3n) is 2.72. The van der Waals surface area contributed by atoms with Gasteiger partial charge in [-0.3, -0.25) is 0 Å². The molecule has 0 radical (unpaired) electrons. The molecule has 0 fully saturated rings. The molecule has 0 aliphatic heterocycles. The van der Waals surface area contributed by atoms with E-state index in [1.807, 2.05) is 19.1 Å². The number of ether oxygens (including phenoxy) is 1. The Hall–Kier alpha value is -2.27. The number of hydrogen-bond donors (Lipinski definition) is 2. The number of nitrogens with one attached hydrogen (secondary N) is 1. The molecular weight excluding hydrogens is 278 g/mol. The van der Waals surface area contributed by atoms with Crippen LogP contribution in [0.25, 0.3) is 0 Å². The van der Waals surface area contributed by atoms with Crippen LogP contribution < -0.4 is 11.1 Å². The van der Waals surface area contributed by atoms with Crippen LogP contribution in [0, 0.1) is 6.92 Å². The Morgan fingerprint density at radius 3 is 2.85 bits per heavy atom. The van der Waals surface area contributed by atoms with Gasteiger partial charge >= 0.3 is 5.97 Å². The monoisotopic (exact) mass is 291 g/mol. The largest absolute Gasteiger partial charge is 0.465 e. The van der Waals surface area contributed by atoms with Gasteiger partial charge in [0, 0.05) is 0 Å². The number of aromatic nitrogens is 1. The highest BCUT2D eigenvalue weighted by molar-refractivity contribution is 6.33. The summed E-state index contributed by atoms with van der Waals surface area (Å²) in [6.45, 7) is 1.96. The summed E-state index contributed by atoms with van der Waals surface area (Å²) in [5.74, 6) is -0.0459. The molecule has 0 amide bonds. The van der Waals surface area contributed by atoms with Crippen molar-refractivity contribution in [1.29, 1.82) is 0 Å². The Morgan fingerprint density at radius 1 is 1.40 bits per heavy atom. The SMILES string of the molecule is COC(=O)c1cc(Nc2cc(C)ccc2Cl)ncc1N. The first-order valence-electron chi connectivity index (χ1n) is 5.88. The topological polar surface area (TPSA) is 77.2 Å². The molecule has 0 saturated heterocycles. The maximum Gasteiger partial charge on any atom is 0.340 e.